The Hall–Kier alpha value is -0.120. The van der Waals surface area contributed by atoms with E-state index in [0.29, 0.717) is 0 Å². The summed E-state index contributed by atoms with van der Waals surface area (Å²) in [5.74, 6) is -0.769. The Kier molecular flexibility index (Phi) is 4.60. The Morgan fingerprint density at radius 1 is 1.30 bits per heavy atom. The van der Waals surface area contributed by atoms with Crippen LogP contribution in [0.15, 0.2) is 0 Å². The topological polar surface area (TPSA) is 38.7 Å². The highest BCUT2D eigenvalue weighted by Crippen LogP contribution is 2.16. The van der Waals surface area contributed by atoms with E-state index in [1.807, 2.05) is 6.92 Å². The molecule has 0 aliphatic heterocycles. The molecule has 0 saturated heterocycles. The van der Waals surface area contributed by atoms with Gasteiger partial charge in [-0.15, -0.1) is 0 Å². The third kappa shape index (κ3) is 2.25. The summed E-state index contributed by atoms with van der Waals surface area (Å²) in [7, 11) is 3.07. The molecule has 0 aromatic carbocycles. The van der Waals surface area contributed by atoms with Gasteiger partial charge in [0.25, 0.3) is 0 Å². The summed E-state index contributed by atoms with van der Waals surface area (Å²) < 4.78 is 10.0. The van der Waals surface area contributed by atoms with E-state index in [1.165, 1.54) is 14.2 Å². The maximum Gasteiger partial charge on any atom is 0.190 e. The summed E-state index contributed by atoms with van der Waals surface area (Å²) >= 11 is 0. The Balaban J connectivity index is 3.87. The van der Waals surface area contributed by atoms with E-state index in [1.54, 1.807) is 0 Å². The lowest BCUT2D eigenvalue weighted by atomic mass is 10.1. The minimum Gasteiger partial charge on any atom is -0.391 e. The Morgan fingerprint density at radius 2 is 1.80 bits per heavy atom. The minimum absolute atomic E-state index is 0.0894. The van der Waals surface area contributed by atoms with Crippen molar-refractivity contribution < 1.29 is 14.6 Å². The third-order valence-electron chi connectivity index (χ3n) is 1.62. The lowest BCUT2D eigenvalue weighted by molar-refractivity contribution is -0.230. The first kappa shape index (κ1) is 9.88. The van der Waals surface area contributed by atoms with E-state index in [0.717, 1.165) is 12.8 Å². The number of aliphatic hydroxyl groups is 1. The Labute approximate surface area is 62.0 Å². The van der Waals surface area contributed by atoms with Crippen LogP contribution in [0.2, 0.25) is 0 Å². The van der Waals surface area contributed by atoms with Crippen molar-refractivity contribution in [1.82, 2.24) is 0 Å². The van der Waals surface area contributed by atoms with Crippen molar-refractivity contribution >= 4 is 0 Å². The fraction of sp³-hybridized carbons (Fsp3) is 1.00. The molecule has 0 saturated carbocycles. The van der Waals surface area contributed by atoms with Crippen LogP contribution in [-0.2, 0) is 9.47 Å². The van der Waals surface area contributed by atoms with Gasteiger partial charge in [0.2, 0.25) is 0 Å². The van der Waals surface area contributed by atoms with Gasteiger partial charge in [0, 0.05) is 20.6 Å². The average molecular weight is 148 g/mol. The highest BCUT2D eigenvalue weighted by molar-refractivity contribution is 4.65. The second-order valence-electron chi connectivity index (χ2n) is 2.23. The summed E-state index contributed by atoms with van der Waals surface area (Å²) in [6.07, 6.45) is 1.65. The molecule has 0 fully saturated rings. The summed E-state index contributed by atoms with van der Waals surface area (Å²) in [5.41, 5.74) is 0. The van der Waals surface area contributed by atoms with Gasteiger partial charge in [-0.2, -0.15) is 0 Å². The van der Waals surface area contributed by atoms with Gasteiger partial charge in [-0.25, -0.2) is 0 Å². The molecule has 0 amide bonds. The van der Waals surface area contributed by atoms with Crippen LogP contribution in [0.4, 0.5) is 0 Å². The van der Waals surface area contributed by atoms with Crippen molar-refractivity contribution in [2.24, 2.45) is 0 Å². The highest BCUT2D eigenvalue weighted by Gasteiger charge is 2.26. The number of aliphatic hydroxyl groups excluding tert-OH is 1. The van der Waals surface area contributed by atoms with Crippen molar-refractivity contribution in [3.63, 3.8) is 0 Å². The van der Waals surface area contributed by atoms with Crippen LogP contribution in [-0.4, -0.2) is 31.7 Å². The minimum atomic E-state index is -0.769. The largest absolute Gasteiger partial charge is 0.391 e. The monoisotopic (exact) mass is 148 g/mol. The second kappa shape index (κ2) is 4.66. The molecule has 0 aliphatic rings. The van der Waals surface area contributed by atoms with Crippen LogP contribution < -0.4 is 0 Å². The molecule has 0 unspecified atom stereocenters. The van der Waals surface area contributed by atoms with Gasteiger partial charge in [-0.1, -0.05) is 13.3 Å². The van der Waals surface area contributed by atoms with Crippen molar-refractivity contribution in [3.05, 3.63) is 0 Å². The van der Waals surface area contributed by atoms with E-state index in [9.17, 15) is 0 Å². The molecule has 10 heavy (non-hydrogen) atoms. The van der Waals surface area contributed by atoms with Crippen molar-refractivity contribution in [2.75, 3.05) is 20.8 Å². The first-order chi connectivity index (χ1) is 4.74. The molecule has 0 aliphatic carbocycles. The van der Waals surface area contributed by atoms with Crippen LogP contribution in [0.5, 0.6) is 0 Å². The van der Waals surface area contributed by atoms with Crippen molar-refractivity contribution in [2.45, 2.75) is 25.6 Å². The molecule has 0 bridgehead atoms. The number of methoxy groups -OCH3 is 2. The maximum absolute atomic E-state index is 8.86. The summed E-state index contributed by atoms with van der Waals surface area (Å²) in [5, 5.41) is 8.86. The molecule has 0 atom stereocenters. The van der Waals surface area contributed by atoms with Crippen LogP contribution in [0.25, 0.3) is 0 Å². The molecular weight excluding hydrogens is 132 g/mol. The molecule has 3 nitrogen and oxygen atoms in total. The van der Waals surface area contributed by atoms with Crippen LogP contribution in [0.3, 0.4) is 0 Å². The molecule has 0 radical (unpaired) electrons. The fourth-order valence-corrected chi connectivity index (χ4v) is 0.877. The molecule has 0 aromatic rings. The van der Waals surface area contributed by atoms with Gasteiger partial charge in [0.15, 0.2) is 5.79 Å². The Morgan fingerprint density at radius 3 is 1.90 bits per heavy atom. The molecule has 1 N–H and O–H groups in total. The number of ether oxygens (including phenoxy) is 2. The zero-order chi connectivity index (χ0) is 8.04. The predicted molar refractivity (Wildman–Crippen MR) is 38.7 cm³/mol. The van der Waals surface area contributed by atoms with Gasteiger partial charge in [-0.3, -0.25) is 0 Å². The van der Waals surface area contributed by atoms with Crippen molar-refractivity contribution in [1.29, 1.82) is 0 Å². The number of rotatable bonds is 5. The number of hydrogen-bond acceptors (Lipinski definition) is 3. The van der Waals surface area contributed by atoms with Gasteiger partial charge in [0.05, 0.1) is 6.61 Å². The normalized spacial score (nSPS) is 12.0. The van der Waals surface area contributed by atoms with Gasteiger partial charge in [0.1, 0.15) is 0 Å². The quantitative estimate of drug-likeness (QED) is 0.585. The van der Waals surface area contributed by atoms with Crippen LogP contribution >= 0.6 is 0 Å². The van der Waals surface area contributed by atoms with Gasteiger partial charge in [-0.05, 0) is 0 Å². The van der Waals surface area contributed by atoms with Crippen molar-refractivity contribution in [3.8, 4) is 0 Å². The SMILES string of the molecule is CCCC(CO)(OC)OC. The summed E-state index contributed by atoms with van der Waals surface area (Å²) in [4.78, 5) is 0. The standard InChI is InChI=1S/C7H16O3/c1-4-5-7(6-8,9-2)10-3/h8H,4-6H2,1-3H3. The van der Waals surface area contributed by atoms with Crippen LogP contribution in [0.1, 0.15) is 19.8 Å². The zero-order valence-electron chi connectivity index (χ0n) is 6.89. The van der Waals surface area contributed by atoms with E-state index in [-0.39, 0.29) is 6.61 Å². The van der Waals surface area contributed by atoms with Crippen LogP contribution in [0, 0.1) is 0 Å². The van der Waals surface area contributed by atoms with Gasteiger partial charge < -0.3 is 14.6 Å². The highest BCUT2D eigenvalue weighted by atomic mass is 16.7. The fourth-order valence-electron chi connectivity index (χ4n) is 0.877. The van der Waals surface area contributed by atoms with E-state index >= 15 is 0 Å². The predicted octanol–water partition coefficient (Wildman–Crippen LogP) is 0.768. The number of hydrogen-bond donors (Lipinski definition) is 1. The first-order valence-corrected chi connectivity index (χ1v) is 3.46. The second-order valence-corrected chi connectivity index (χ2v) is 2.23. The third-order valence-corrected chi connectivity index (χ3v) is 1.62. The molecule has 0 heterocycles. The molecule has 0 rings (SSSR count). The first-order valence-electron chi connectivity index (χ1n) is 3.46. The van der Waals surface area contributed by atoms with Gasteiger partial charge >= 0.3 is 0 Å². The average Bonchev–Trinajstić information content (AvgIpc) is 2.01. The maximum atomic E-state index is 8.86. The molecule has 0 spiro atoms. The Bertz CT molecular complexity index is 70.7. The molecule has 62 valence electrons. The van der Waals surface area contributed by atoms with E-state index in [4.69, 9.17) is 14.6 Å². The lowest BCUT2D eigenvalue weighted by Crippen LogP contribution is -2.37. The lowest BCUT2D eigenvalue weighted by Gasteiger charge is -2.27. The molecule has 3 heteroatoms. The molecular formula is C7H16O3. The summed E-state index contributed by atoms with van der Waals surface area (Å²) in [6, 6.07) is 0. The zero-order valence-corrected chi connectivity index (χ0v) is 6.89. The van der Waals surface area contributed by atoms with E-state index in [2.05, 4.69) is 0 Å². The molecule has 0 aromatic heterocycles. The summed E-state index contributed by atoms with van der Waals surface area (Å²) in [6.45, 7) is 1.93. The smallest absolute Gasteiger partial charge is 0.190 e. The van der Waals surface area contributed by atoms with E-state index < -0.39 is 5.79 Å².